The van der Waals surface area contributed by atoms with Gasteiger partial charge in [-0.25, -0.2) is 4.79 Å². The van der Waals surface area contributed by atoms with Crippen molar-refractivity contribution < 1.29 is 42.9 Å². The van der Waals surface area contributed by atoms with E-state index < -0.39 is 24.3 Å². The van der Waals surface area contributed by atoms with Gasteiger partial charge in [0.05, 0.1) is 34.4 Å². The van der Waals surface area contributed by atoms with E-state index in [1.807, 2.05) is 21.1 Å². The molecule has 0 heterocycles. The molecule has 0 aliphatic carbocycles. The van der Waals surface area contributed by atoms with E-state index in [0.29, 0.717) is 17.4 Å². The fraction of sp³-hybridized carbons (Fsp3) is 0.582. The van der Waals surface area contributed by atoms with Gasteiger partial charge in [-0.2, -0.15) is 0 Å². The standard InChI is InChI=1S/C55H87NO8/c1-6-8-10-12-14-15-16-17-18-19-20-21-22-23-24-25-26-27-28-29-30-31-32-33-34-35-36-37-38-39-40-42-44-46-53(58)64-51(49-62-52(57)45-43-41-13-11-9-7-2)50-63-55(54(59)60)61-48-47-56(3,4)5/h8,10,14-15,17-18,20-21,23-24,26-27,29-30,32-33,35-36,38-39,51,55H,6-7,9,11-13,16,19,22,25,28,31,34,37,40-50H2,1-5H3/p+1/b10-8-,15-14-,18-17-,21-20-,24-23-,27-26-,30-29-,33-32-,36-35-,39-38-. The fourth-order valence-corrected chi connectivity index (χ4v) is 5.74. The molecule has 0 aliphatic heterocycles. The Morgan fingerprint density at radius 2 is 0.891 bits per heavy atom. The summed E-state index contributed by atoms with van der Waals surface area (Å²) in [4.78, 5) is 36.9. The normalized spacial score (nSPS) is 14.0. The van der Waals surface area contributed by atoms with Crippen molar-refractivity contribution in [2.45, 2.75) is 161 Å². The van der Waals surface area contributed by atoms with Gasteiger partial charge in [0.2, 0.25) is 0 Å². The molecule has 0 saturated carbocycles. The van der Waals surface area contributed by atoms with E-state index in [2.05, 4.69) is 135 Å². The second kappa shape index (κ2) is 45.3. The molecule has 0 saturated heterocycles. The molecule has 9 nitrogen and oxygen atoms in total. The molecule has 0 bridgehead atoms. The number of carboxylic acid groups (broad SMARTS) is 1. The van der Waals surface area contributed by atoms with Gasteiger partial charge in [0.25, 0.3) is 6.29 Å². The molecule has 0 rings (SSSR count). The van der Waals surface area contributed by atoms with E-state index >= 15 is 0 Å². The van der Waals surface area contributed by atoms with Crippen molar-refractivity contribution in [2.75, 3.05) is 47.5 Å². The second-order valence-electron chi connectivity index (χ2n) is 16.7. The topological polar surface area (TPSA) is 108 Å². The van der Waals surface area contributed by atoms with Crippen molar-refractivity contribution in [1.82, 2.24) is 0 Å². The first-order chi connectivity index (χ1) is 31.1. The Balaban J connectivity index is 4.28. The van der Waals surface area contributed by atoms with Crippen LogP contribution in [0.5, 0.6) is 0 Å². The van der Waals surface area contributed by atoms with Gasteiger partial charge in [-0.1, -0.05) is 167 Å². The zero-order chi connectivity index (χ0) is 47.0. The number of carbonyl (C=O) groups is 3. The first-order valence-electron chi connectivity index (χ1n) is 24.2. The lowest BCUT2D eigenvalue weighted by molar-refractivity contribution is -0.870. The lowest BCUT2D eigenvalue weighted by Crippen LogP contribution is -2.40. The van der Waals surface area contributed by atoms with Gasteiger partial charge in [-0.3, -0.25) is 9.59 Å². The van der Waals surface area contributed by atoms with Crippen LogP contribution in [0.4, 0.5) is 0 Å². The van der Waals surface area contributed by atoms with Crippen molar-refractivity contribution in [3.05, 3.63) is 122 Å². The lowest BCUT2D eigenvalue weighted by atomic mass is 10.1. The van der Waals surface area contributed by atoms with Crippen molar-refractivity contribution in [3.8, 4) is 0 Å². The fourth-order valence-electron chi connectivity index (χ4n) is 5.74. The molecule has 0 aromatic rings. The molecule has 64 heavy (non-hydrogen) atoms. The van der Waals surface area contributed by atoms with Crippen LogP contribution >= 0.6 is 0 Å². The van der Waals surface area contributed by atoms with Crippen molar-refractivity contribution in [2.24, 2.45) is 0 Å². The van der Waals surface area contributed by atoms with E-state index in [0.717, 1.165) is 109 Å². The minimum atomic E-state index is -1.53. The number of nitrogens with zero attached hydrogens (tertiary/aromatic N) is 1. The molecule has 2 unspecified atom stereocenters. The maximum atomic E-state index is 12.7. The molecule has 0 amide bonds. The monoisotopic (exact) mass is 891 g/mol. The Hall–Kier alpha value is -4.31. The Morgan fingerprint density at radius 3 is 1.33 bits per heavy atom. The predicted octanol–water partition coefficient (Wildman–Crippen LogP) is 13.4. The van der Waals surface area contributed by atoms with Crippen LogP contribution in [0.3, 0.4) is 0 Å². The number of rotatable bonds is 42. The number of likely N-dealkylation sites (N-methyl/N-ethyl adjacent to an activating group) is 1. The summed E-state index contributed by atoms with van der Waals surface area (Å²) in [6.45, 7) is 4.59. The zero-order valence-electron chi connectivity index (χ0n) is 40.6. The van der Waals surface area contributed by atoms with Gasteiger partial charge < -0.3 is 28.5 Å². The number of hydrogen-bond acceptors (Lipinski definition) is 7. The van der Waals surface area contributed by atoms with Crippen molar-refractivity contribution in [1.29, 1.82) is 0 Å². The Morgan fingerprint density at radius 1 is 0.484 bits per heavy atom. The molecule has 2 atom stereocenters. The Kier molecular flexibility index (Phi) is 42.2. The van der Waals surface area contributed by atoms with Gasteiger partial charge in [-0.15, -0.1) is 0 Å². The summed E-state index contributed by atoms with van der Waals surface area (Å²) >= 11 is 0. The van der Waals surface area contributed by atoms with Crippen molar-refractivity contribution >= 4 is 17.9 Å². The third-order valence-electron chi connectivity index (χ3n) is 9.48. The molecular formula is C55H88NO8+. The van der Waals surface area contributed by atoms with Gasteiger partial charge in [0.1, 0.15) is 13.2 Å². The minimum absolute atomic E-state index is 0.173. The number of quaternary nitrogens is 1. The van der Waals surface area contributed by atoms with Crippen LogP contribution in [0.15, 0.2) is 122 Å². The van der Waals surface area contributed by atoms with Crippen LogP contribution in [0, 0.1) is 0 Å². The molecule has 0 fully saturated rings. The van der Waals surface area contributed by atoms with Gasteiger partial charge in [0, 0.05) is 12.8 Å². The number of ether oxygens (including phenoxy) is 4. The average Bonchev–Trinajstić information content (AvgIpc) is 3.26. The maximum Gasteiger partial charge on any atom is 0.361 e. The highest BCUT2D eigenvalue weighted by atomic mass is 16.7. The molecule has 0 aliphatic rings. The van der Waals surface area contributed by atoms with Gasteiger partial charge in [0.15, 0.2) is 6.10 Å². The molecule has 0 spiro atoms. The van der Waals surface area contributed by atoms with Crippen molar-refractivity contribution in [3.63, 3.8) is 0 Å². The largest absolute Gasteiger partial charge is 0.477 e. The number of hydrogen-bond donors (Lipinski definition) is 1. The van der Waals surface area contributed by atoms with E-state index in [4.69, 9.17) is 18.9 Å². The van der Waals surface area contributed by atoms with E-state index in [-0.39, 0.29) is 38.6 Å². The molecule has 0 radical (unpaired) electrons. The summed E-state index contributed by atoms with van der Waals surface area (Å²) in [7, 11) is 5.92. The Labute approximate surface area is 389 Å². The number of carboxylic acids is 1. The lowest BCUT2D eigenvalue weighted by Gasteiger charge is -2.25. The third-order valence-corrected chi connectivity index (χ3v) is 9.48. The van der Waals surface area contributed by atoms with Crippen LogP contribution in [-0.2, 0) is 33.3 Å². The summed E-state index contributed by atoms with van der Waals surface area (Å²) < 4.78 is 22.5. The maximum absolute atomic E-state index is 12.7. The highest BCUT2D eigenvalue weighted by molar-refractivity contribution is 5.71. The predicted molar refractivity (Wildman–Crippen MR) is 267 cm³/mol. The highest BCUT2D eigenvalue weighted by Gasteiger charge is 2.25. The molecule has 360 valence electrons. The van der Waals surface area contributed by atoms with Crippen LogP contribution in [0.2, 0.25) is 0 Å². The Bertz CT molecular complexity index is 1460. The smallest absolute Gasteiger partial charge is 0.361 e. The summed E-state index contributed by atoms with van der Waals surface area (Å²) in [5, 5.41) is 9.60. The molecule has 0 aromatic carbocycles. The second-order valence-corrected chi connectivity index (χ2v) is 16.7. The van der Waals surface area contributed by atoms with Gasteiger partial charge >= 0.3 is 17.9 Å². The SMILES string of the molecule is CC/C=C\C/C=C\C/C=C\C/C=C\C/C=C\C/C=C\C/C=C\C/C=C\C/C=C\C/C=C\CCCCC(=O)OC(COC(=O)CCCCCCCC)COC(OCC[N+](C)(C)C)C(=O)O. The molecule has 1 N–H and O–H groups in total. The first kappa shape index (κ1) is 59.7. The quantitative estimate of drug-likeness (QED) is 0.0212. The van der Waals surface area contributed by atoms with Crippen LogP contribution in [-0.4, -0.2) is 87.4 Å². The molecular weight excluding hydrogens is 803 g/mol. The number of carbonyl (C=O) groups excluding carboxylic acids is 2. The average molecular weight is 891 g/mol. The van der Waals surface area contributed by atoms with Crippen LogP contribution < -0.4 is 0 Å². The van der Waals surface area contributed by atoms with Gasteiger partial charge in [-0.05, 0) is 89.9 Å². The summed E-state index contributed by atoms with van der Waals surface area (Å²) in [6.07, 6.45) is 60.3. The summed E-state index contributed by atoms with van der Waals surface area (Å²) in [5.41, 5.74) is 0. The summed E-state index contributed by atoms with van der Waals surface area (Å²) in [5.74, 6) is -2.10. The number of aliphatic carboxylic acids is 1. The minimum Gasteiger partial charge on any atom is -0.477 e. The van der Waals surface area contributed by atoms with E-state index in [1.54, 1.807) is 0 Å². The third kappa shape index (κ3) is 45.7. The van der Waals surface area contributed by atoms with Crippen LogP contribution in [0.25, 0.3) is 0 Å². The highest BCUT2D eigenvalue weighted by Crippen LogP contribution is 2.11. The van der Waals surface area contributed by atoms with Crippen LogP contribution in [0.1, 0.15) is 149 Å². The molecule has 0 aromatic heterocycles. The first-order valence-corrected chi connectivity index (χ1v) is 24.2. The molecule has 9 heteroatoms. The summed E-state index contributed by atoms with van der Waals surface area (Å²) in [6, 6.07) is 0. The number of unbranched alkanes of at least 4 members (excludes halogenated alkanes) is 7. The number of esters is 2. The van der Waals surface area contributed by atoms with E-state index in [9.17, 15) is 19.5 Å². The number of allylic oxidation sites excluding steroid dienone is 20. The zero-order valence-corrected chi connectivity index (χ0v) is 40.6. The van der Waals surface area contributed by atoms with E-state index in [1.165, 1.54) is 6.42 Å².